The predicted octanol–water partition coefficient (Wildman–Crippen LogP) is 11.4. The standard InChI is InChI=1S/C10H9N.C8H9N.C7H9N3.C7H8N2O.C7H9N.C6H13N3.C4H7N3.2C3H8N2.C3H7NO.C2H7N3O.4C2H6.2CH4/c1-8-10-5-3-2-4-9(10)6-7-11-8;1-7(9)8-5-3-2-4-6-8;8-7(9)10-6-4-2-1-3-5-6;8-7(9-10)6-4-2-1-3-5-6;8-6-7-4-2-1-3-5-7;7-6(8)9-4-2-1-3-5-9;1-4(5-2)7-6-3;2*1-3(4)5-2;1-3(5)4-2;1-6-5-2(3)4;4*1-2;;/h2-7H,1H3;2-6H,1,9H2;1-5H,(H4,8,9,10);1-5,10H,(H2,8,9);1-5H,6,8H2;1-5H2,(H3,7,8);1-2H3,(H,5,7);2*1-2H3,(H2,4,5);1-2H3,(H,4,5);1H3,(H4,3,4,5);4*1-2H3;2*1H4. The van der Waals surface area contributed by atoms with Crippen LogP contribution < -0.4 is 68.1 Å². The van der Waals surface area contributed by atoms with Crippen molar-refractivity contribution < 1.29 is 14.8 Å². The van der Waals surface area contributed by atoms with Crippen LogP contribution in [-0.2, 0) is 16.2 Å². The molecule has 6 aromatic rings. The van der Waals surface area contributed by atoms with E-state index in [0.717, 1.165) is 35.6 Å². The summed E-state index contributed by atoms with van der Waals surface area (Å²) in [5.41, 5.74) is 59.1. The number of aromatic nitrogens is 1. The normalized spacial score (nSPS) is 9.85. The molecule has 1 aliphatic heterocycles. The Balaban J connectivity index is -0.000000104. The van der Waals surface area contributed by atoms with E-state index in [1.807, 2.05) is 201 Å². The van der Waals surface area contributed by atoms with Crippen LogP contribution in [0.2, 0.25) is 0 Å². The van der Waals surface area contributed by atoms with Crippen molar-refractivity contribution in [2.45, 2.75) is 131 Å². The lowest BCUT2D eigenvalue weighted by Crippen LogP contribution is -2.39. The number of carbonyl (C=O) groups is 1. The number of hydrogen-bond acceptors (Lipinski definition) is 13. The number of amides is 1. The second-order valence-electron chi connectivity index (χ2n) is 16.6. The van der Waals surface area contributed by atoms with E-state index in [9.17, 15) is 4.79 Å². The molecular formula is C70H126N22O3. The molecule has 1 saturated heterocycles. The van der Waals surface area contributed by atoms with Gasteiger partial charge in [-0.25, -0.2) is 4.99 Å². The number of oxime groups is 2. The molecule has 5 aromatic carbocycles. The van der Waals surface area contributed by atoms with Gasteiger partial charge in [0.05, 0.1) is 17.4 Å². The van der Waals surface area contributed by atoms with Gasteiger partial charge in [-0.3, -0.25) is 30.2 Å². The first kappa shape index (κ1) is 106. The molecule has 25 heteroatoms. The quantitative estimate of drug-likeness (QED) is 0.0251. The topological polar surface area (TPSA) is 449 Å². The number of pyridine rings is 1. The van der Waals surface area contributed by atoms with Crippen molar-refractivity contribution in [3.63, 3.8) is 0 Å². The van der Waals surface area contributed by atoms with Crippen LogP contribution in [-0.4, -0.2) is 111 Å². The SMILES string of the molecule is C.C.C=C(N)c1ccccc1.CC.CC.CC.CC.CN=C(C)N.CN=C(C)N.CNC(C)=O.CON=C(N)N.Cc1nccc2ccccc12.N=C(N)N1CCCCC1.NC(=NO)c1ccccc1.NC(N)=Nc1ccccc1.NCc1ccccc1.[C-]#[N+]NC(C)=NC. The summed E-state index contributed by atoms with van der Waals surface area (Å²) in [4.78, 5) is 37.5. The highest BCUT2D eigenvalue weighted by atomic mass is 16.6. The molecule has 0 radical (unpaired) electrons. The number of aryl methyl sites for hydroxylation is 1. The lowest BCUT2D eigenvalue weighted by atomic mass is 10.1. The van der Waals surface area contributed by atoms with E-state index in [4.69, 9.17) is 74.5 Å². The molecule has 2 heterocycles. The summed E-state index contributed by atoms with van der Waals surface area (Å²) in [7, 11) is 7.93. The highest BCUT2D eigenvalue weighted by Gasteiger charge is 2.09. The number of hydrogen-bond donors (Lipinski definition) is 14. The van der Waals surface area contributed by atoms with Gasteiger partial charge < -0.3 is 77.6 Å². The van der Waals surface area contributed by atoms with Gasteiger partial charge >= 0.3 is 0 Å². The Morgan fingerprint density at radius 1 is 0.642 bits per heavy atom. The molecule has 0 saturated carbocycles. The zero-order valence-electron chi connectivity index (χ0n) is 59.0. The maximum absolute atomic E-state index is 9.70. The average Bonchev–Trinajstić information content (AvgIpc) is 0.986. The van der Waals surface area contributed by atoms with E-state index in [2.05, 4.69) is 74.5 Å². The number of nitrogens with zero attached hydrogens (tertiary/aromatic N) is 9. The van der Waals surface area contributed by atoms with Gasteiger partial charge in [-0.15, -0.1) is 0 Å². The summed E-state index contributed by atoms with van der Waals surface area (Å²) < 4.78 is 0. The number of rotatable bonds is 5. The zero-order valence-corrected chi connectivity index (χ0v) is 59.0. The molecule has 0 spiro atoms. The van der Waals surface area contributed by atoms with E-state index in [-0.39, 0.29) is 44.5 Å². The number of para-hydroxylation sites is 1. The highest BCUT2D eigenvalue weighted by Crippen LogP contribution is 2.14. The van der Waals surface area contributed by atoms with Gasteiger partial charge in [0.2, 0.25) is 11.9 Å². The number of nitrogens with one attached hydrogen (secondary N) is 3. The first-order valence-corrected chi connectivity index (χ1v) is 30.0. The summed E-state index contributed by atoms with van der Waals surface area (Å²) in [6, 6.07) is 48.4. The monoisotopic (exact) mass is 1320 g/mol. The summed E-state index contributed by atoms with van der Waals surface area (Å²) in [5, 5.41) is 26.2. The zero-order chi connectivity index (χ0) is 73.2. The predicted molar refractivity (Wildman–Crippen MR) is 415 cm³/mol. The fraction of sp³-hybridized carbons (Fsp3) is 0.371. The number of nitrogens with two attached hydrogens (primary N) is 10. The van der Waals surface area contributed by atoms with Crippen molar-refractivity contribution in [1.82, 2.24) is 20.6 Å². The molecule has 1 aromatic heterocycles. The van der Waals surface area contributed by atoms with Crippen LogP contribution in [0.3, 0.4) is 0 Å². The van der Waals surface area contributed by atoms with Crippen molar-refractivity contribution >= 4 is 69.3 Å². The molecular weight excluding hydrogens is 1200 g/mol. The van der Waals surface area contributed by atoms with Crippen LogP contribution in [0.25, 0.3) is 21.4 Å². The van der Waals surface area contributed by atoms with Gasteiger partial charge in [0.15, 0.2) is 23.6 Å². The second kappa shape index (κ2) is 81.3. The maximum Gasteiger partial charge on any atom is 0.228 e. The van der Waals surface area contributed by atoms with Crippen LogP contribution in [0, 0.1) is 18.9 Å². The number of fused-ring (bicyclic) bond motifs is 1. The van der Waals surface area contributed by atoms with Crippen molar-refractivity contribution in [3.05, 3.63) is 198 Å². The lowest BCUT2D eigenvalue weighted by molar-refractivity contribution is -0.118. The van der Waals surface area contributed by atoms with Crippen molar-refractivity contribution in [2.24, 2.45) is 87.6 Å². The highest BCUT2D eigenvalue weighted by molar-refractivity contribution is 5.96. The van der Waals surface area contributed by atoms with E-state index in [1.54, 1.807) is 61.1 Å². The fourth-order valence-corrected chi connectivity index (χ4v) is 5.23. The van der Waals surface area contributed by atoms with Gasteiger partial charge in [-0.1, -0.05) is 221 Å². The Labute approximate surface area is 572 Å². The third-order valence-corrected chi connectivity index (χ3v) is 9.79. The van der Waals surface area contributed by atoms with E-state index in [0.29, 0.717) is 29.7 Å². The van der Waals surface area contributed by atoms with E-state index in [1.165, 1.54) is 49.6 Å². The van der Waals surface area contributed by atoms with Gasteiger partial charge in [-0.2, -0.15) is 11.5 Å². The molecule has 1 fully saturated rings. The molecule has 0 unspecified atom stereocenters. The molecule has 1 aliphatic rings. The van der Waals surface area contributed by atoms with Crippen molar-refractivity contribution in [2.75, 3.05) is 48.4 Å². The van der Waals surface area contributed by atoms with E-state index < -0.39 is 0 Å². The van der Waals surface area contributed by atoms with Gasteiger partial charge in [-0.05, 0) is 86.8 Å². The van der Waals surface area contributed by atoms with Crippen LogP contribution in [0.4, 0.5) is 5.69 Å². The summed E-state index contributed by atoms with van der Waals surface area (Å²) >= 11 is 0. The van der Waals surface area contributed by atoms with E-state index >= 15 is 0 Å². The van der Waals surface area contributed by atoms with Crippen LogP contribution in [0.1, 0.15) is 140 Å². The number of benzene rings is 5. The van der Waals surface area contributed by atoms with Crippen molar-refractivity contribution in [3.8, 4) is 0 Å². The van der Waals surface area contributed by atoms with Gasteiger partial charge in [0, 0.05) is 83.3 Å². The van der Waals surface area contributed by atoms with Gasteiger partial charge in [0.1, 0.15) is 7.11 Å². The maximum atomic E-state index is 9.70. The lowest BCUT2D eigenvalue weighted by Gasteiger charge is -2.26. The van der Waals surface area contributed by atoms with Crippen LogP contribution >= 0.6 is 0 Å². The number of guanidine groups is 3. The fourth-order valence-electron chi connectivity index (χ4n) is 5.23. The minimum Gasteiger partial charge on any atom is -0.409 e. The number of amidine groups is 4. The summed E-state index contributed by atoms with van der Waals surface area (Å²) in [6.07, 6.45) is 5.53. The molecule has 25 nitrogen and oxygen atoms in total. The number of aliphatic imine (C=N–C) groups is 4. The number of piperidine rings is 1. The molecule has 7 rings (SSSR count). The molecule has 0 aliphatic carbocycles. The minimum absolute atomic E-state index is 0. The molecule has 24 N–H and O–H groups in total. The first-order chi connectivity index (χ1) is 44.4. The smallest absolute Gasteiger partial charge is 0.228 e. The average molecular weight is 1320 g/mol. The van der Waals surface area contributed by atoms with Crippen LogP contribution in [0.5, 0.6) is 0 Å². The third kappa shape index (κ3) is 77.4. The minimum atomic E-state index is -0.0579. The Morgan fingerprint density at radius 3 is 1.29 bits per heavy atom. The van der Waals surface area contributed by atoms with Crippen molar-refractivity contribution in [1.29, 1.82) is 5.41 Å². The summed E-state index contributed by atoms with van der Waals surface area (Å²) in [6.45, 7) is 37.2. The van der Waals surface area contributed by atoms with Gasteiger partial charge in [0.25, 0.3) is 0 Å². The molecule has 534 valence electrons. The Kier molecular flexibility index (Phi) is 90.6. The first-order valence-electron chi connectivity index (χ1n) is 30.0. The second-order valence-corrected chi connectivity index (χ2v) is 16.6. The molecule has 95 heavy (non-hydrogen) atoms. The molecule has 0 atom stereocenters. The summed E-state index contributed by atoms with van der Waals surface area (Å²) in [5.74, 6) is 2.31. The third-order valence-electron chi connectivity index (χ3n) is 9.79. The largest absolute Gasteiger partial charge is 0.409 e. The van der Waals surface area contributed by atoms with Crippen LogP contribution in [0.15, 0.2) is 195 Å². The Hall–Kier alpha value is -10.7. The molecule has 0 bridgehead atoms. The number of likely N-dealkylation sites (tertiary alicyclic amines) is 1. The molecule has 1 amide bonds. The Morgan fingerprint density at radius 2 is 1.03 bits per heavy atom. The Bertz CT molecular complexity index is 2860. The number of carbonyl (C=O) groups excluding carboxylic acids is 1.